The second-order valence-electron chi connectivity index (χ2n) is 4.26. The number of aromatic nitrogens is 1. The van der Waals surface area contributed by atoms with Crippen molar-refractivity contribution in [2.45, 2.75) is 13.0 Å². The van der Waals surface area contributed by atoms with Crippen LogP contribution >= 0.6 is 0 Å². The highest BCUT2D eigenvalue weighted by atomic mass is 19.1. The van der Waals surface area contributed by atoms with Crippen LogP contribution in [-0.2, 0) is 11.3 Å². The molecule has 1 fully saturated rings. The largest absolute Gasteiger partial charge is 0.340 e. The molecule has 98 valence electrons. The van der Waals surface area contributed by atoms with Gasteiger partial charge in [0.25, 0.3) is 5.56 Å². The van der Waals surface area contributed by atoms with Crippen molar-refractivity contribution in [3.63, 3.8) is 0 Å². The molecule has 2 heterocycles. The Balaban J connectivity index is 1.92. The number of carbonyl (C=O) groups is 1. The van der Waals surface area contributed by atoms with E-state index in [1.165, 1.54) is 10.6 Å². The van der Waals surface area contributed by atoms with Gasteiger partial charge >= 0.3 is 0 Å². The Morgan fingerprint density at radius 3 is 2.78 bits per heavy atom. The summed E-state index contributed by atoms with van der Waals surface area (Å²) in [5.74, 6) is -0.461. The summed E-state index contributed by atoms with van der Waals surface area (Å²) in [6.45, 7) is 3.20. The third kappa shape index (κ3) is 3.16. The third-order valence-corrected chi connectivity index (χ3v) is 2.98. The molecule has 0 radical (unpaired) electrons. The number of hydrogen-bond acceptors (Lipinski definition) is 3. The molecule has 1 aliphatic rings. The number of amides is 1. The lowest BCUT2D eigenvalue weighted by Gasteiger charge is -2.27. The Hall–Kier alpha value is -1.69. The highest BCUT2D eigenvalue weighted by molar-refractivity contribution is 5.76. The van der Waals surface area contributed by atoms with Gasteiger partial charge in [-0.25, -0.2) is 4.39 Å². The van der Waals surface area contributed by atoms with Gasteiger partial charge in [0.15, 0.2) is 0 Å². The van der Waals surface area contributed by atoms with Gasteiger partial charge in [-0.3, -0.25) is 9.59 Å². The molecule has 0 unspecified atom stereocenters. The quantitative estimate of drug-likeness (QED) is 0.812. The fourth-order valence-corrected chi connectivity index (χ4v) is 1.97. The lowest BCUT2D eigenvalue weighted by molar-refractivity contribution is -0.132. The molecule has 5 nitrogen and oxygen atoms in total. The monoisotopic (exact) mass is 253 g/mol. The highest BCUT2D eigenvalue weighted by Crippen LogP contribution is 1.99. The van der Waals surface area contributed by atoms with Gasteiger partial charge in [-0.1, -0.05) is 0 Å². The molecule has 0 atom stereocenters. The maximum atomic E-state index is 13.0. The van der Waals surface area contributed by atoms with Gasteiger partial charge in [0.05, 0.1) is 0 Å². The fourth-order valence-electron chi connectivity index (χ4n) is 1.97. The lowest BCUT2D eigenvalue weighted by Crippen LogP contribution is -2.46. The zero-order valence-electron chi connectivity index (χ0n) is 10.1. The topological polar surface area (TPSA) is 54.3 Å². The number of rotatable bonds is 3. The van der Waals surface area contributed by atoms with Crippen LogP contribution in [0.15, 0.2) is 23.1 Å². The van der Waals surface area contributed by atoms with Crippen LogP contribution in [0.3, 0.4) is 0 Å². The number of hydrogen-bond donors (Lipinski definition) is 1. The molecule has 2 rings (SSSR count). The Morgan fingerprint density at radius 1 is 1.33 bits per heavy atom. The number of nitrogens with zero attached hydrogens (tertiary/aromatic N) is 2. The zero-order chi connectivity index (χ0) is 13.0. The molecule has 0 bridgehead atoms. The Labute approximate surface area is 104 Å². The first kappa shape index (κ1) is 12.8. The molecule has 1 amide bonds. The molecule has 18 heavy (non-hydrogen) atoms. The van der Waals surface area contributed by atoms with Gasteiger partial charge in [-0.2, -0.15) is 0 Å². The van der Waals surface area contributed by atoms with E-state index in [4.69, 9.17) is 0 Å². The Morgan fingerprint density at radius 2 is 2.06 bits per heavy atom. The third-order valence-electron chi connectivity index (χ3n) is 2.98. The predicted octanol–water partition coefficient (Wildman–Crippen LogP) is -0.191. The van der Waals surface area contributed by atoms with Crippen molar-refractivity contribution in [1.82, 2.24) is 14.8 Å². The van der Waals surface area contributed by atoms with E-state index in [9.17, 15) is 14.0 Å². The maximum absolute atomic E-state index is 13.0. The van der Waals surface area contributed by atoms with Gasteiger partial charge in [-0.05, 0) is 6.07 Å². The summed E-state index contributed by atoms with van der Waals surface area (Å²) in [5, 5.41) is 3.16. The molecule has 1 N–H and O–H groups in total. The summed E-state index contributed by atoms with van der Waals surface area (Å²) < 4.78 is 14.2. The van der Waals surface area contributed by atoms with Crippen LogP contribution in [0.25, 0.3) is 0 Å². The van der Waals surface area contributed by atoms with E-state index in [0.717, 1.165) is 25.4 Å². The molecule has 1 aromatic heterocycles. The molecule has 1 aromatic rings. The minimum Gasteiger partial charge on any atom is -0.340 e. The van der Waals surface area contributed by atoms with E-state index in [1.807, 2.05) is 0 Å². The average Bonchev–Trinajstić information content (AvgIpc) is 2.40. The van der Waals surface area contributed by atoms with Crippen LogP contribution in [0.1, 0.15) is 6.42 Å². The molecule has 0 spiro atoms. The molecule has 1 saturated heterocycles. The summed E-state index contributed by atoms with van der Waals surface area (Å²) in [5.41, 5.74) is -0.287. The fraction of sp³-hybridized carbons (Fsp3) is 0.500. The smallest absolute Gasteiger partial charge is 0.250 e. The van der Waals surface area contributed by atoms with Gasteiger partial charge in [0.1, 0.15) is 5.82 Å². The van der Waals surface area contributed by atoms with Gasteiger partial charge in [-0.15, -0.1) is 0 Å². The summed E-state index contributed by atoms with van der Waals surface area (Å²) in [7, 11) is 0. The van der Waals surface area contributed by atoms with Crippen LogP contribution in [0, 0.1) is 5.82 Å². The standard InChI is InChI=1S/C12H16FN3O2/c13-10-1-2-11(17)16(9-10)6-3-12(18)15-7-4-14-5-8-15/h1-2,9,14H,3-8H2. The van der Waals surface area contributed by atoms with Crippen molar-refractivity contribution in [2.24, 2.45) is 0 Å². The van der Waals surface area contributed by atoms with Crippen molar-refractivity contribution in [3.8, 4) is 0 Å². The van der Waals surface area contributed by atoms with Crippen LogP contribution < -0.4 is 10.9 Å². The van der Waals surface area contributed by atoms with Gasteiger partial charge in [0.2, 0.25) is 5.91 Å². The number of pyridine rings is 1. The number of piperazine rings is 1. The van der Waals surface area contributed by atoms with E-state index < -0.39 is 5.82 Å². The summed E-state index contributed by atoms with van der Waals surface area (Å²) in [6.07, 6.45) is 1.36. The van der Waals surface area contributed by atoms with Crippen molar-refractivity contribution < 1.29 is 9.18 Å². The van der Waals surface area contributed by atoms with Crippen LogP contribution in [-0.4, -0.2) is 41.6 Å². The normalized spacial score (nSPS) is 15.7. The molecule has 0 aromatic carbocycles. The molecule has 6 heteroatoms. The second kappa shape index (κ2) is 5.77. The number of nitrogens with one attached hydrogen (secondary N) is 1. The minimum absolute atomic E-state index is 0.00709. The molecule has 1 aliphatic heterocycles. The molecular weight excluding hydrogens is 237 g/mol. The number of carbonyl (C=O) groups excluding carboxylic acids is 1. The second-order valence-corrected chi connectivity index (χ2v) is 4.26. The van der Waals surface area contributed by atoms with Crippen LogP contribution in [0.5, 0.6) is 0 Å². The number of aryl methyl sites for hydroxylation is 1. The molecule has 0 aliphatic carbocycles. The molecular formula is C12H16FN3O2. The maximum Gasteiger partial charge on any atom is 0.250 e. The van der Waals surface area contributed by atoms with Crippen molar-refractivity contribution >= 4 is 5.91 Å². The predicted molar refractivity (Wildman–Crippen MR) is 64.7 cm³/mol. The lowest BCUT2D eigenvalue weighted by atomic mass is 10.3. The molecule has 0 saturated carbocycles. The van der Waals surface area contributed by atoms with Crippen molar-refractivity contribution in [3.05, 3.63) is 34.5 Å². The SMILES string of the molecule is O=C(CCn1cc(F)ccc1=O)N1CCNCC1. The summed E-state index contributed by atoms with van der Waals surface area (Å²) >= 11 is 0. The Kier molecular flexibility index (Phi) is 4.09. The first-order valence-electron chi connectivity index (χ1n) is 6.01. The number of halogens is 1. The van der Waals surface area contributed by atoms with E-state index in [1.54, 1.807) is 4.90 Å². The van der Waals surface area contributed by atoms with Crippen molar-refractivity contribution in [2.75, 3.05) is 26.2 Å². The highest BCUT2D eigenvalue weighted by Gasteiger charge is 2.15. The first-order valence-corrected chi connectivity index (χ1v) is 6.01. The van der Waals surface area contributed by atoms with Gasteiger partial charge < -0.3 is 14.8 Å². The van der Waals surface area contributed by atoms with E-state index in [-0.39, 0.29) is 24.4 Å². The minimum atomic E-state index is -0.468. The van der Waals surface area contributed by atoms with E-state index in [2.05, 4.69) is 5.32 Å². The van der Waals surface area contributed by atoms with Crippen LogP contribution in [0.2, 0.25) is 0 Å². The Bertz CT molecular complexity index is 480. The van der Waals surface area contributed by atoms with E-state index in [0.29, 0.717) is 13.1 Å². The van der Waals surface area contributed by atoms with Crippen molar-refractivity contribution in [1.29, 1.82) is 0 Å². The first-order chi connectivity index (χ1) is 8.66. The van der Waals surface area contributed by atoms with Gasteiger partial charge in [0, 0.05) is 51.4 Å². The average molecular weight is 253 g/mol. The summed E-state index contributed by atoms with van der Waals surface area (Å²) in [4.78, 5) is 25.0. The van der Waals surface area contributed by atoms with Crippen LogP contribution in [0.4, 0.5) is 4.39 Å². The summed E-state index contributed by atoms with van der Waals surface area (Å²) in [6, 6.07) is 2.29. The van der Waals surface area contributed by atoms with E-state index >= 15 is 0 Å². The zero-order valence-corrected chi connectivity index (χ0v) is 10.1.